The lowest BCUT2D eigenvalue weighted by Crippen LogP contribution is -2.52. The van der Waals surface area contributed by atoms with Crippen molar-refractivity contribution < 1.29 is 13.2 Å². The molecule has 26 heavy (non-hydrogen) atoms. The Hall–Kier alpha value is -1.44. The number of carbonyl (C=O) groups excluding carboxylic acids is 1. The van der Waals surface area contributed by atoms with E-state index < -0.39 is 10.0 Å². The number of nitrogens with one attached hydrogen (secondary N) is 1. The fourth-order valence-electron chi connectivity index (χ4n) is 3.86. The normalized spacial score (nSPS) is 25.7. The molecule has 1 aromatic rings. The van der Waals surface area contributed by atoms with E-state index in [0.717, 1.165) is 6.42 Å². The monoisotopic (exact) mass is 379 g/mol. The Balaban J connectivity index is 1.48. The number of amides is 1. The van der Waals surface area contributed by atoms with Crippen LogP contribution in [0.2, 0.25) is 0 Å². The van der Waals surface area contributed by atoms with E-state index in [1.54, 1.807) is 24.3 Å². The standard InChI is InChI=1S/C19H29N3O3S/c1-16-7-5-6-10-18(16)20-19(23)15-21-11-13-22(14-12-21)26(24,25)17-8-3-2-4-9-17/h2-4,8-9,16,18H,5-7,10-15H2,1H3,(H,20,23)/t16-,18+/m1/s1. The van der Waals surface area contributed by atoms with Gasteiger partial charge in [0.2, 0.25) is 15.9 Å². The molecule has 1 aliphatic carbocycles. The van der Waals surface area contributed by atoms with Crippen molar-refractivity contribution in [3.8, 4) is 0 Å². The van der Waals surface area contributed by atoms with E-state index in [4.69, 9.17) is 0 Å². The summed E-state index contributed by atoms with van der Waals surface area (Å²) in [4.78, 5) is 14.7. The minimum atomic E-state index is -3.44. The maximum atomic E-state index is 12.6. The van der Waals surface area contributed by atoms with Crippen molar-refractivity contribution in [3.05, 3.63) is 30.3 Å². The summed E-state index contributed by atoms with van der Waals surface area (Å²) in [5.74, 6) is 0.601. The fraction of sp³-hybridized carbons (Fsp3) is 0.632. The van der Waals surface area contributed by atoms with Gasteiger partial charge in [0.05, 0.1) is 11.4 Å². The van der Waals surface area contributed by atoms with Gasteiger partial charge in [-0.2, -0.15) is 4.31 Å². The molecule has 0 spiro atoms. The minimum absolute atomic E-state index is 0.0584. The molecule has 0 aromatic heterocycles. The van der Waals surface area contributed by atoms with E-state index in [2.05, 4.69) is 12.2 Å². The van der Waals surface area contributed by atoms with Crippen molar-refractivity contribution in [2.75, 3.05) is 32.7 Å². The highest BCUT2D eigenvalue weighted by Gasteiger charge is 2.29. The number of hydrogen-bond donors (Lipinski definition) is 1. The molecule has 0 radical (unpaired) electrons. The largest absolute Gasteiger partial charge is 0.352 e. The maximum Gasteiger partial charge on any atom is 0.243 e. The first-order chi connectivity index (χ1) is 12.5. The van der Waals surface area contributed by atoms with Crippen molar-refractivity contribution in [3.63, 3.8) is 0 Å². The molecule has 2 aliphatic rings. The van der Waals surface area contributed by atoms with Crippen LogP contribution in [0.5, 0.6) is 0 Å². The van der Waals surface area contributed by atoms with Crippen molar-refractivity contribution in [2.24, 2.45) is 5.92 Å². The molecule has 0 bridgehead atoms. The number of carbonyl (C=O) groups is 1. The molecule has 144 valence electrons. The molecule has 1 saturated carbocycles. The Morgan fingerprint density at radius 3 is 2.38 bits per heavy atom. The molecule has 1 N–H and O–H groups in total. The van der Waals surface area contributed by atoms with Crippen LogP contribution >= 0.6 is 0 Å². The average Bonchev–Trinajstić information content (AvgIpc) is 2.65. The molecular weight excluding hydrogens is 350 g/mol. The first kappa shape index (κ1) is 19.3. The van der Waals surface area contributed by atoms with Crippen LogP contribution in [0.1, 0.15) is 32.6 Å². The topological polar surface area (TPSA) is 69.7 Å². The van der Waals surface area contributed by atoms with Gasteiger partial charge >= 0.3 is 0 Å². The number of nitrogens with zero attached hydrogens (tertiary/aromatic N) is 2. The highest BCUT2D eigenvalue weighted by Crippen LogP contribution is 2.23. The second-order valence-corrected chi connectivity index (χ2v) is 9.37. The quantitative estimate of drug-likeness (QED) is 0.845. The van der Waals surface area contributed by atoms with Crippen LogP contribution in [0.15, 0.2) is 35.2 Å². The van der Waals surface area contributed by atoms with Gasteiger partial charge in [-0.1, -0.05) is 38.0 Å². The molecule has 6 nitrogen and oxygen atoms in total. The molecular formula is C19H29N3O3S. The third kappa shape index (κ3) is 4.64. The van der Waals surface area contributed by atoms with Crippen molar-refractivity contribution in [2.45, 2.75) is 43.5 Å². The molecule has 1 heterocycles. The zero-order chi connectivity index (χ0) is 18.6. The molecule has 1 aromatic carbocycles. The Bertz CT molecular complexity index is 700. The Morgan fingerprint density at radius 1 is 1.08 bits per heavy atom. The summed E-state index contributed by atoms with van der Waals surface area (Å²) in [7, 11) is -3.44. The zero-order valence-electron chi connectivity index (χ0n) is 15.4. The lowest BCUT2D eigenvalue weighted by atomic mass is 9.86. The summed E-state index contributed by atoms with van der Waals surface area (Å²) < 4.78 is 26.8. The number of rotatable bonds is 5. The van der Waals surface area contributed by atoms with E-state index in [1.807, 2.05) is 11.0 Å². The fourth-order valence-corrected chi connectivity index (χ4v) is 5.30. The van der Waals surface area contributed by atoms with Crippen LogP contribution in [0.25, 0.3) is 0 Å². The van der Waals surface area contributed by atoms with Gasteiger partial charge in [0, 0.05) is 32.2 Å². The van der Waals surface area contributed by atoms with Crippen LogP contribution < -0.4 is 5.32 Å². The molecule has 1 aliphatic heterocycles. The number of hydrogen-bond acceptors (Lipinski definition) is 4. The van der Waals surface area contributed by atoms with Gasteiger partial charge in [-0.25, -0.2) is 8.42 Å². The molecule has 7 heteroatoms. The van der Waals surface area contributed by atoms with Crippen molar-refractivity contribution in [1.82, 2.24) is 14.5 Å². The van der Waals surface area contributed by atoms with E-state index in [0.29, 0.717) is 43.5 Å². The van der Waals surface area contributed by atoms with Gasteiger partial charge in [-0.3, -0.25) is 9.69 Å². The summed E-state index contributed by atoms with van der Waals surface area (Å²) in [5, 5.41) is 3.17. The van der Waals surface area contributed by atoms with Crippen molar-refractivity contribution in [1.29, 1.82) is 0 Å². The van der Waals surface area contributed by atoms with Gasteiger partial charge in [-0.05, 0) is 30.9 Å². The molecule has 0 unspecified atom stereocenters. The Kier molecular flexibility index (Phi) is 6.32. The van der Waals surface area contributed by atoms with E-state index in [1.165, 1.54) is 23.6 Å². The molecule has 3 rings (SSSR count). The average molecular weight is 380 g/mol. The second-order valence-electron chi connectivity index (χ2n) is 7.43. The summed E-state index contributed by atoms with van der Waals surface area (Å²) >= 11 is 0. The summed E-state index contributed by atoms with van der Waals surface area (Å²) in [5.41, 5.74) is 0. The Labute approximate surface area is 156 Å². The number of sulfonamides is 1. The predicted molar refractivity (Wildman–Crippen MR) is 101 cm³/mol. The van der Waals surface area contributed by atoms with Gasteiger partial charge in [0.15, 0.2) is 0 Å². The summed E-state index contributed by atoms with van der Waals surface area (Å²) in [6.45, 7) is 4.56. The summed E-state index contributed by atoms with van der Waals surface area (Å²) in [6.07, 6.45) is 4.69. The van der Waals surface area contributed by atoms with E-state index in [9.17, 15) is 13.2 Å². The highest BCUT2D eigenvalue weighted by atomic mass is 32.2. The molecule has 1 amide bonds. The van der Waals surface area contributed by atoms with Crippen LogP contribution in [0, 0.1) is 5.92 Å². The SMILES string of the molecule is C[C@@H]1CCCC[C@@H]1NC(=O)CN1CCN(S(=O)(=O)c2ccccc2)CC1. The van der Waals surface area contributed by atoms with E-state index >= 15 is 0 Å². The Morgan fingerprint density at radius 2 is 1.73 bits per heavy atom. The lowest BCUT2D eigenvalue weighted by Gasteiger charge is -2.34. The third-order valence-corrected chi connectivity index (χ3v) is 7.45. The first-order valence-corrected chi connectivity index (χ1v) is 11.0. The van der Waals surface area contributed by atoms with Crippen molar-refractivity contribution >= 4 is 15.9 Å². The third-order valence-electron chi connectivity index (χ3n) is 5.54. The van der Waals surface area contributed by atoms with Gasteiger partial charge in [0.1, 0.15) is 0 Å². The predicted octanol–water partition coefficient (Wildman–Crippen LogP) is 1.69. The van der Waals surface area contributed by atoms with Gasteiger partial charge in [-0.15, -0.1) is 0 Å². The van der Waals surface area contributed by atoms with Gasteiger partial charge in [0.25, 0.3) is 0 Å². The summed E-state index contributed by atoms with van der Waals surface area (Å²) in [6, 6.07) is 8.82. The number of benzene rings is 1. The molecule has 2 fully saturated rings. The second kappa shape index (κ2) is 8.50. The van der Waals surface area contributed by atoms with Crippen LogP contribution in [0.3, 0.4) is 0 Å². The van der Waals surface area contributed by atoms with Crippen LogP contribution in [-0.2, 0) is 14.8 Å². The smallest absolute Gasteiger partial charge is 0.243 e. The van der Waals surface area contributed by atoms with Crippen LogP contribution in [0.4, 0.5) is 0 Å². The minimum Gasteiger partial charge on any atom is -0.352 e. The number of piperazine rings is 1. The lowest BCUT2D eigenvalue weighted by molar-refractivity contribution is -0.123. The molecule has 1 saturated heterocycles. The molecule has 2 atom stereocenters. The first-order valence-electron chi connectivity index (χ1n) is 9.54. The highest BCUT2D eigenvalue weighted by molar-refractivity contribution is 7.89. The maximum absolute atomic E-state index is 12.6. The van der Waals surface area contributed by atoms with E-state index in [-0.39, 0.29) is 11.9 Å². The van der Waals surface area contributed by atoms with Gasteiger partial charge < -0.3 is 5.32 Å². The van der Waals surface area contributed by atoms with Crippen LogP contribution in [-0.4, -0.2) is 62.3 Å². The zero-order valence-corrected chi connectivity index (χ0v) is 16.2.